The molecule has 3 atom stereocenters. The number of fused-ring (bicyclic) bond motifs is 1. The monoisotopic (exact) mass is 412 g/mol. The predicted octanol–water partition coefficient (Wildman–Crippen LogP) is 3.67. The summed E-state index contributed by atoms with van der Waals surface area (Å²) >= 11 is 0. The molecule has 2 N–H and O–H groups in total. The topological polar surface area (TPSA) is 68.2 Å². The van der Waals surface area contributed by atoms with E-state index in [1.807, 2.05) is 12.1 Å². The predicted molar refractivity (Wildman–Crippen MR) is 115 cm³/mol. The van der Waals surface area contributed by atoms with E-state index >= 15 is 0 Å². The maximum absolute atomic E-state index is 10.3. The van der Waals surface area contributed by atoms with Crippen LogP contribution in [-0.4, -0.2) is 43.2 Å². The average Bonchev–Trinajstić information content (AvgIpc) is 3.25. The van der Waals surface area contributed by atoms with Gasteiger partial charge in [0.25, 0.3) is 0 Å². The van der Waals surface area contributed by atoms with Gasteiger partial charge >= 0.3 is 0 Å². The molecule has 3 unspecified atom stereocenters. The van der Waals surface area contributed by atoms with Crippen molar-refractivity contribution in [3.8, 4) is 11.5 Å². The third kappa shape index (κ3) is 4.07. The van der Waals surface area contributed by atoms with Crippen molar-refractivity contribution in [1.29, 1.82) is 0 Å². The van der Waals surface area contributed by atoms with E-state index in [0.717, 1.165) is 36.3 Å². The van der Waals surface area contributed by atoms with Gasteiger partial charge in [0, 0.05) is 12.8 Å². The lowest BCUT2D eigenvalue weighted by molar-refractivity contribution is -0.114. The second kappa shape index (κ2) is 8.96. The van der Waals surface area contributed by atoms with Crippen LogP contribution in [0.3, 0.4) is 0 Å². The first kappa shape index (κ1) is 21.2. The Morgan fingerprint density at radius 2 is 1.80 bits per heavy atom. The number of methoxy groups -OCH3 is 2. The number of hydrogen-bond acceptors (Lipinski definition) is 5. The zero-order valence-corrected chi connectivity index (χ0v) is 18.1. The molecular formula is C25H32O5. The van der Waals surface area contributed by atoms with Gasteiger partial charge in [-0.05, 0) is 78.1 Å². The molecule has 1 heterocycles. The number of aliphatic hydroxyl groups excluding tert-OH is 2. The first-order chi connectivity index (χ1) is 14.5. The third-order valence-electron chi connectivity index (χ3n) is 6.59. The molecule has 0 saturated carbocycles. The van der Waals surface area contributed by atoms with Gasteiger partial charge in [0.15, 0.2) is 11.5 Å². The molecule has 2 aromatic rings. The molecule has 0 bridgehead atoms. The van der Waals surface area contributed by atoms with E-state index in [9.17, 15) is 10.2 Å². The van der Waals surface area contributed by atoms with Crippen LogP contribution in [-0.2, 0) is 24.0 Å². The van der Waals surface area contributed by atoms with Crippen molar-refractivity contribution in [2.45, 2.75) is 63.8 Å². The molecule has 0 aromatic heterocycles. The minimum absolute atomic E-state index is 0.0595. The second-order valence-corrected chi connectivity index (χ2v) is 8.48. The van der Waals surface area contributed by atoms with Crippen molar-refractivity contribution in [1.82, 2.24) is 0 Å². The Morgan fingerprint density at radius 1 is 1.03 bits per heavy atom. The third-order valence-corrected chi connectivity index (χ3v) is 6.59. The van der Waals surface area contributed by atoms with Crippen LogP contribution < -0.4 is 9.47 Å². The lowest BCUT2D eigenvalue weighted by atomic mass is 9.86. The Balaban J connectivity index is 1.70. The molecule has 5 heteroatoms. The van der Waals surface area contributed by atoms with Gasteiger partial charge in [-0.1, -0.05) is 12.1 Å². The van der Waals surface area contributed by atoms with Gasteiger partial charge in [0.2, 0.25) is 0 Å². The van der Waals surface area contributed by atoms with Crippen LogP contribution in [0.5, 0.6) is 11.5 Å². The zero-order valence-electron chi connectivity index (χ0n) is 18.1. The normalized spacial score (nSPS) is 23.3. The Bertz CT molecular complexity index is 907. The van der Waals surface area contributed by atoms with Crippen molar-refractivity contribution >= 4 is 0 Å². The van der Waals surface area contributed by atoms with Crippen LogP contribution in [0.2, 0.25) is 0 Å². The molecule has 0 radical (unpaired) electrons. The minimum Gasteiger partial charge on any atom is -0.493 e. The summed E-state index contributed by atoms with van der Waals surface area (Å²) in [5.41, 5.74) is 7.83. The summed E-state index contributed by atoms with van der Waals surface area (Å²) in [6, 6.07) is 8.36. The molecule has 2 aromatic carbocycles. The highest BCUT2D eigenvalue weighted by Crippen LogP contribution is 2.39. The van der Waals surface area contributed by atoms with E-state index in [1.54, 1.807) is 14.2 Å². The van der Waals surface area contributed by atoms with Crippen LogP contribution in [0.25, 0.3) is 0 Å². The second-order valence-electron chi connectivity index (χ2n) is 8.48. The molecule has 1 saturated heterocycles. The van der Waals surface area contributed by atoms with E-state index in [-0.39, 0.29) is 18.8 Å². The van der Waals surface area contributed by atoms with Gasteiger partial charge < -0.3 is 24.4 Å². The molecule has 2 aliphatic rings. The SMILES string of the molecule is COc1ccc(Cc2cc(C3CC(O)CC(CO)O3)c(C)c3c2CCC3)cc1OC. The van der Waals surface area contributed by atoms with E-state index in [2.05, 4.69) is 19.1 Å². The molecular weight excluding hydrogens is 380 g/mol. The summed E-state index contributed by atoms with van der Waals surface area (Å²) in [7, 11) is 3.31. The summed E-state index contributed by atoms with van der Waals surface area (Å²) in [5, 5.41) is 19.9. The largest absolute Gasteiger partial charge is 0.493 e. The summed E-state index contributed by atoms with van der Waals surface area (Å²) in [4.78, 5) is 0. The highest BCUT2D eigenvalue weighted by molar-refractivity contribution is 5.51. The zero-order chi connectivity index (χ0) is 21.3. The highest BCUT2D eigenvalue weighted by Gasteiger charge is 2.32. The molecule has 5 nitrogen and oxygen atoms in total. The van der Waals surface area contributed by atoms with Crippen LogP contribution in [0.4, 0.5) is 0 Å². The molecule has 4 rings (SSSR count). The number of rotatable bonds is 6. The highest BCUT2D eigenvalue weighted by atomic mass is 16.5. The van der Waals surface area contributed by atoms with Crippen LogP contribution in [0.1, 0.15) is 58.7 Å². The fraction of sp³-hybridized carbons (Fsp3) is 0.520. The standard InChI is InChI=1S/C25H32O5/c1-15-20-5-4-6-21(20)17(9-16-7-8-23(28-2)25(10-16)29-3)11-22(15)24-13-18(27)12-19(14-26)30-24/h7-8,10-11,18-19,24,26-27H,4-6,9,12-14H2,1-3H3. The summed E-state index contributed by atoms with van der Waals surface area (Å²) in [6.07, 6.45) is 4.32. The average molecular weight is 413 g/mol. The molecule has 1 fully saturated rings. The van der Waals surface area contributed by atoms with Crippen molar-refractivity contribution in [3.05, 3.63) is 57.6 Å². The molecule has 0 amide bonds. The van der Waals surface area contributed by atoms with Gasteiger partial charge in [-0.2, -0.15) is 0 Å². The molecule has 0 spiro atoms. The van der Waals surface area contributed by atoms with Crippen molar-refractivity contribution < 1.29 is 24.4 Å². The van der Waals surface area contributed by atoms with Crippen molar-refractivity contribution in [3.63, 3.8) is 0 Å². The van der Waals surface area contributed by atoms with Crippen LogP contribution in [0, 0.1) is 6.92 Å². The Kier molecular flexibility index (Phi) is 6.32. The van der Waals surface area contributed by atoms with Crippen molar-refractivity contribution in [2.75, 3.05) is 20.8 Å². The summed E-state index contributed by atoms with van der Waals surface area (Å²) < 4.78 is 17.0. The first-order valence-electron chi connectivity index (χ1n) is 10.8. The van der Waals surface area contributed by atoms with E-state index in [0.29, 0.717) is 12.8 Å². The van der Waals surface area contributed by atoms with E-state index < -0.39 is 6.10 Å². The van der Waals surface area contributed by atoms with Crippen LogP contribution in [0.15, 0.2) is 24.3 Å². The van der Waals surface area contributed by atoms with Gasteiger partial charge in [0.05, 0.1) is 39.1 Å². The smallest absolute Gasteiger partial charge is 0.160 e. The lowest BCUT2D eigenvalue weighted by Gasteiger charge is -2.34. The summed E-state index contributed by atoms with van der Waals surface area (Å²) in [6.45, 7) is 2.12. The molecule has 30 heavy (non-hydrogen) atoms. The fourth-order valence-electron chi connectivity index (χ4n) is 5.08. The van der Waals surface area contributed by atoms with Crippen molar-refractivity contribution in [2.24, 2.45) is 0 Å². The van der Waals surface area contributed by atoms with E-state index in [4.69, 9.17) is 14.2 Å². The van der Waals surface area contributed by atoms with Gasteiger partial charge in [-0.15, -0.1) is 0 Å². The van der Waals surface area contributed by atoms with E-state index in [1.165, 1.54) is 34.2 Å². The molecule has 1 aliphatic heterocycles. The Morgan fingerprint density at radius 3 is 2.53 bits per heavy atom. The lowest BCUT2D eigenvalue weighted by Crippen LogP contribution is -2.34. The maximum atomic E-state index is 10.3. The van der Waals surface area contributed by atoms with Crippen LogP contribution >= 0.6 is 0 Å². The fourth-order valence-corrected chi connectivity index (χ4v) is 5.08. The maximum Gasteiger partial charge on any atom is 0.160 e. The summed E-state index contributed by atoms with van der Waals surface area (Å²) in [5.74, 6) is 1.47. The number of ether oxygens (including phenoxy) is 3. The Labute approximate surface area is 178 Å². The molecule has 162 valence electrons. The quantitative estimate of drug-likeness (QED) is 0.758. The van der Waals surface area contributed by atoms with Gasteiger partial charge in [-0.3, -0.25) is 0 Å². The first-order valence-corrected chi connectivity index (χ1v) is 10.8. The number of aliphatic hydroxyl groups is 2. The Hall–Kier alpha value is -2.08. The number of benzene rings is 2. The van der Waals surface area contributed by atoms with Gasteiger partial charge in [-0.25, -0.2) is 0 Å². The molecule has 1 aliphatic carbocycles. The number of hydrogen-bond donors (Lipinski definition) is 2. The minimum atomic E-state index is -0.442. The van der Waals surface area contributed by atoms with Gasteiger partial charge in [0.1, 0.15) is 0 Å².